The second kappa shape index (κ2) is 5.50. The lowest BCUT2D eigenvalue weighted by Crippen LogP contribution is -2.48. The Labute approximate surface area is 93.0 Å². The summed E-state index contributed by atoms with van der Waals surface area (Å²) in [5.74, 6) is 0.823. The van der Waals surface area contributed by atoms with E-state index in [0.717, 1.165) is 0 Å². The van der Waals surface area contributed by atoms with Gasteiger partial charge < -0.3 is 10.6 Å². The molecule has 0 heterocycles. The Balaban J connectivity index is 2.34. The van der Waals surface area contributed by atoms with Gasteiger partial charge in [-0.05, 0) is 39.5 Å². The molecule has 15 heavy (non-hydrogen) atoms. The molecule has 3 unspecified atom stereocenters. The average molecular weight is 212 g/mol. The first-order chi connectivity index (χ1) is 7.00. The van der Waals surface area contributed by atoms with Crippen LogP contribution in [0.25, 0.3) is 0 Å². The second-order valence-electron chi connectivity index (χ2n) is 5.07. The van der Waals surface area contributed by atoms with E-state index in [9.17, 15) is 4.79 Å². The van der Waals surface area contributed by atoms with E-state index in [1.807, 2.05) is 20.8 Å². The largest absolute Gasteiger partial charge is 0.353 e. The van der Waals surface area contributed by atoms with Crippen LogP contribution >= 0.6 is 0 Å². The fraction of sp³-hybridized carbons (Fsp3) is 0.917. The van der Waals surface area contributed by atoms with E-state index in [0.29, 0.717) is 12.0 Å². The van der Waals surface area contributed by atoms with Crippen LogP contribution in [0.4, 0.5) is 0 Å². The number of amides is 1. The molecule has 1 fully saturated rings. The fourth-order valence-corrected chi connectivity index (χ4v) is 2.20. The number of hydrogen-bond acceptors (Lipinski definition) is 2. The number of nitrogens with one attached hydrogen (secondary N) is 2. The fourth-order valence-electron chi connectivity index (χ4n) is 2.20. The molecule has 0 saturated heterocycles. The lowest BCUT2D eigenvalue weighted by molar-refractivity contribution is -0.123. The van der Waals surface area contributed by atoms with Gasteiger partial charge in [0, 0.05) is 12.1 Å². The highest BCUT2D eigenvalue weighted by Crippen LogP contribution is 2.25. The van der Waals surface area contributed by atoms with Crippen LogP contribution in [0.2, 0.25) is 0 Å². The molecule has 0 spiro atoms. The van der Waals surface area contributed by atoms with Crippen LogP contribution in [0.1, 0.15) is 47.0 Å². The summed E-state index contributed by atoms with van der Waals surface area (Å²) in [6, 6.07) is 0.679. The smallest absolute Gasteiger partial charge is 0.237 e. The predicted molar refractivity (Wildman–Crippen MR) is 62.7 cm³/mol. The van der Waals surface area contributed by atoms with Crippen molar-refractivity contribution in [1.29, 1.82) is 0 Å². The summed E-state index contributed by atoms with van der Waals surface area (Å²) in [5, 5.41) is 6.35. The van der Waals surface area contributed by atoms with E-state index in [2.05, 4.69) is 17.6 Å². The molecule has 3 nitrogen and oxygen atoms in total. The van der Waals surface area contributed by atoms with Gasteiger partial charge in [-0.1, -0.05) is 13.3 Å². The molecule has 0 radical (unpaired) electrons. The van der Waals surface area contributed by atoms with Gasteiger partial charge in [0.2, 0.25) is 5.91 Å². The third kappa shape index (κ3) is 3.82. The first kappa shape index (κ1) is 12.5. The summed E-state index contributed by atoms with van der Waals surface area (Å²) in [6.45, 7) is 8.19. The molecule has 88 valence electrons. The first-order valence-electron chi connectivity index (χ1n) is 6.07. The zero-order valence-electron chi connectivity index (χ0n) is 10.3. The number of carbonyl (C=O) groups excluding carboxylic acids is 1. The maximum absolute atomic E-state index is 11.7. The van der Waals surface area contributed by atoms with Gasteiger partial charge in [-0.25, -0.2) is 0 Å². The predicted octanol–water partition coefficient (Wildman–Crippen LogP) is 1.68. The van der Waals surface area contributed by atoms with Gasteiger partial charge >= 0.3 is 0 Å². The molecule has 2 N–H and O–H groups in total. The molecule has 0 bridgehead atoms. The Morgan fingerprint density at radius 2 is 1.93 bits per heavy atom. The molecule has 0 aliphatic heterocycles. The maximum atomic E-state index is 11.7. The SMILES string of the molecule is CC(C)NC(=O)C(C)NC1CCCC1C. The van der Waals surface area contributed by atoms with Gasteiger partial charge in [-0.3, -0.25) is 4.79 Å². The van der Waals surface area contributed by atoms with Crippen molar-refractivity contribution in [3.63, 3.8) is 0 Å². The Bertz CT molecular complexity index is 216. The topological polar surface area (TPSA) is 41.1 Å². The zero-order valence-corrected chi connectivity index (χ0v) is 10.3. The van der Waals surface area contributed by atoms with E-state index in [4.69, 9.17) is 0 Å². The molecule has 3 atom stereocenters. The lowest BCUT2D eigenvalue weighted by Gasteiger charge is -2.23. The quantitative estimate of drug-likeness (QED) is 0.744. The van der Waals surface area contributed by atoms with E-state index in [-0.39, 0.29) is 18.0 Å². The van der Waals surface area contributed by atoms with Crippen LogP contribution in [-0.4, -0.2) is 24.0 Å². The van der Waals surface area contributed by atoms with Crippen molar-refractivity contribution in [2.45, 2.75) is 65.1 Å². The van der Waals surface area contributed by atoms with Gasteiger partial charge in [-0.2, -0.15) is 0 Å². The summed E-state index contributed by atoms with van der Waals surface area (Å²) in [4.78, 5) is 11.7. The van der Waals surface area contributed by atoms with E-state index in [1.54, 1.807) is 0 Å². The summed E-state index contributed by atoms with van der Waals surface area (Å²) in [6.07, 6.45) is 3.79. The standard InChI is InChI=1S/C12H24N2O/c1-8(2)13-12(15)10(4)14-11-7-5-6-9(11)3/h8-11,14H,5-7H2,1-4H3,(H,13,15). The summed E-state index contributed by atoms with van der Waals surface area (Å²) < 4.78 is 0. The van der Waals surface area contributed by atoms with Crippen molar-refractivity contribution < 1.29 is 4.79 Å². The number of rotatable bonds is 4. The zero-order chi connectivity index (χ0) is 11.4. The van der Waals surface area contributed by atoms with Crippen LogP contribution in [-0.2, 0) is 4.79 Å². The normalized spacial score (nSPS) is 28.1. The maximum Gasteiger partial charge on any atom is 0.237 e. The Kier molecular flexibility index (Phi) is 4.58. The summed E-state index contributed by atoms with van der Waals surface area (Å²) >= 11 is 0. The van der Waals surface area contributed by atoms with Gasteiger partial charge in [0.05, 0.1) is 6.04 Å². The lowest BCUT2D eigenvalue weighted by atomic mass is 10.1. The van der Waals surface area contributed by atoms with Crippen molar-refractivity contribution in [3.8, 4) is 0 Å². The molecule has 1 aliphatic rings. The first-order valence-corrected chi connectivity index (χ1v) is 6.07. The van der Waals surface area contributed by atoms with Crippen LogP contribution < -0.4 is 10.6 Å². The van der Waals surface area contributed by atoms with Crippen molar-refractivity contribution in [3.05, 3.63) is 0 Å². The minimum atomic E-state index is -0.0713. The van der Waals surface area contributed by atoms with E-state index in [1.165, 1.54) is 19.3 Å². The minimum Gasteiger partial charge on any atom is -0.353 e. The highest BCUT2D eigenvalue weighted by atomic mass is 16.2. The highest BCUT2D eigenvalue weighted by molar-refractivity contribution is 5.81. The number of carbonyl (C=O) groups is 1. The van der Waals surface area contributed by atoms with E-state index >= 15 is 0 Å². The molecule has 3 heteroatoms. The van der Waals surface area contributed by atoms with Crippen LogP contribution in [0.5, 0.6) is 0 Å². The van der Waals surface area contributed by atoms with Crippen molar-refractivity contribution >= 4 is 5.91 Å². The molecule has 1 saturated carbocycles. The van der Waals surface area contributed by atoms with Gasteiger partial charge in [-0.15, -0.1) is 0 Å². The van der Waals surface area contributed by atoms with E-state index < -0.39 is 0 Å². The molecule has 1 amide bonds. The Morgan fingerprint density at radius 3 is 2.40 bits per heavy atom. The molecule has 0 aromatic carbocycles. The highest BCUT2D eigenvalue weighted by Gasteiger charge is 2.26. The molecule has 1 rings (SSSR count). The van der Waals surface area contributed by atoms with Crippen molar-refractivity contribution in [2.75, 3.05) is 0 Å². The molecule has 1 aliphatic carbocycles. The molecular formula is C12H24N2O. The van der Waals surface area contributed by atoms with Crippen molar-refractivity contribution in [1.82, 2.24) is 10.6 Å². The van der Waals surface area contributed by atoms with Gasteiger partial charge in [0.1, 0.15) is 0 Å². The molecule has 0 aromatic heterocycles. The average Bonchev–Trinajstić information content (AvgIpc) is 2.50. The summed E-state index contributed by atoms with van der Waals surface area (Å²) in [7, 11) is 0. The molecule has 0 aromatic rings. The number of hydrogen-bond donors (Lipinski definition) is 2. The molecular weight excluding hydrogens is 188 g/mol. The Hall–Kier alpha value is -0.570. The van der Waals surface area contributed by atoms with Crippen molar-refractivity contribution in [2.24, 2.45) is 5.92 Å². The van der Waals surface area contributed by atoms with Gasteiger partial charge in [0.25, 0.3) is 0 Å². The third-order valence-electron chi connectivity index (χ3n) is 3.15. The minimum absolute atomic E-state index is 0.0713. The van der Waals surface area contributed by atoms with Crippen LogP contribution in [0.15, 0.2) is 0 Å². The summed E-state index contributed by atoms with van der Waals surface area (Å²) in [5.41, 5.74) is 0. The van der Waals surface area contributed by atoms with Gasteiger partial charge in [0.15, 0.2) is 0 Å². The monoisotopic (exact) mass is 212 g/mol. The Morgan fingerprint density at radius 1 is 1.27 bits per heavy atom. The second-order valence-corrected chi connectivity index (χ2v) is 5.07. The third-order valence-corrected chi connectivity index (χ3v) is 3.15. The van der Waals surface area contributed by atoms with Crippen LogP contribution in [0.3, 0.4) is 0 Å². The van der Waals surface area contributed by atoms with Crippen LogP contribution in [0, 0.1) is 5.92 Å².